The van der Waals surface area contributed by atoms with E-state index in [2.05, 4.69) is 10.4 Å². The van der Waals surface area contributed by atoms with Gasteiger partial charge in [0.05, 0.1) is 17.9 Å². The number of aryl methyl sites for hydroxylation is 2. The van der Waals surface area contributed by atoms with Crippen molar-refractivity contribution in [3.63, 3.8) is 0 Å². The molecular formula is C13H12F5N3. The molecule has 0 unspecified atom stereocenters. The number of nitrogens with one attached hydrogen (secondary N) is 1. The van der Waals surface area contributed by atoms with E-state index in [9.17, 15) is 22.0 Å². The van der Waals surface area contributed by atoms with Crippen LogP contribution in [0.2, 0.25) is 0 Å². The molecule has 1 heterocycles. The van der Waals surface area contributed by atoms with Gasteiger partial charge in [-0.3, -0.25) is 4.68 Å². The van der Waals surface area contributed by atoms with E-state index >= 15 is 0 Å². The third-order valence-electron chi connectivity index (χ3n) is 2.94. The minimum Gasteiger partial charge on any atom is -0.374 e. The number of anilines is 1. The minimum absolute atomic E-state index is 0.118. The molecule has 0 fully saturated rings. The standard InChI is InChI=1S/C13H12F5N3/c1-3-21-7(4-6(2)20-21)5-19-13-11(17)9(15)8(14)10(16)12(13)18/h4,19H,3,5H2,1-2H3. The fourth-order valence-electron chi connectivity index (χ4n) is 1.95. The van der Waals surface area contributed by atoms with Gasteiger partial charge in [0.15, 0.2) is 23.3 Å². The number of rotatable bonds is 4. The van der Waals surface area contributed by atoms with E-state index in [0.29, 0.717) is 17.9 Å². The van der Waals surface area contributed by atoms with Gasteiger partial charge in [-0.05, 0) is 19.9 Å². The molecule has 21 heavy (non-hydrogen) atoms. The summed E-state index contributed by atoms with van der Waals surface area (Å²) in [5.74, 6) is -9.89. The number of benzene rings is 1. The fourth-order valence-corrected chi connectivity index (χ4v) is 1.95. The predicted molar refractivity (Wildman–Crippen MR) is 66.2 cm³/mol. The molecule has 0 bridgehead atoms. The molecular weight excluding hydrogens is 293 g/mol. The largest absolute Gasteiger partial charge is 0.374 e. The highest BCUT2D eigenvalue weighted by molar-refractivity contribution is 5.48. The third kappa shape index (κ3) is 2.70. The molecule has 2 aromatic rings. The summed E-state index contributed by atoms with van der Waals surface area (Å²) in [6, 6.07) is 1.66. The Labute approximate surface area is 117 Å². The van der Waals surface area contributed by atoms with Gasteiger partial charge in [-0.25, -0.2) is 22.0 Å². The second kappa shape index (κ2) is 5.71. The van der Waals surface area contributed by atoms with Crippen molar-refractivity contribution in [3.05, 3.63) is 46.5 Å². The van der Waals surface area contributed by atoms with E-state index in [4.69, 9.17) is 0 Å². The van der Waals surface area contributed by atoms with E-state index in [1.54, 1.807) is 17.7 Å². The van der Waals surface area contributed by atoms with Crippen LogP contribution in [-0.2, 0) is 13.1 Å². The first-order valence-corrected chi connectivity index (χ1v) is 6.15. The normalized spacial score (nSPS) is 11.0. The van der Waals surface area contributed by atoms with E-state index < -0.39 is 34.8 Å². The van der Waals surface area contributed by atoms with Crippen LogP contribution in [-0.4, -0.2) is 9.78 Å². The Morgan fingerprint density at radius 3 is 2.05 bits per heavy atom. The maximum atomic E-state index is 13.5. The summed E-state index contributed by atoms with van der Waals surface area (Å²) in [6.45, 7) is 3.94. The Morgan fingerprint density at radius 2 is 1.52 bits per heavy atom. The molecule has 2 rings (SSSR count). The molecule has 0 amide bonds. The lowest BCUT2D eigenvalue weighted by atomic mass is 10.2. The summed E-state index contributed by atoms with van der Waals surface area (Å²) in [5, 5.41) is 6.35. The quantitative estimate of drug-likeness (QED) is 0.532. The van der Waals surface area contributed by atoms with E-state index in [1.165, 1.54) is 0 Å². The topological polar surface area (TPSA) is 29.9 Å². The highest BCUT2D eigenvalue weighted by Crippen LogP contribution is 2.27. The molecule has 0 saturated heterocycles. The first kappa shape index (κ1) is 15.3. The van der Waals surface area contributed by atoms with Crippen LogP contribution in [0.15, 0.2) is 6.07 Å². The summed E-state index contributed by atoms with van der Waals surface area (Å²) < 4.78 is 67.6. The molecule has 1 N–H and O–H groups in total. The van der Waals surface area contributed by atoms with E-state index in [1.807, 2.05) is 6.92 Å². The summed E-state index contributed by atoms with van der Waals surface area (Å²) in [7, 11) is 0. The number of halogens is 5. The van der Waals surface area contributed by atoms with Crippen molar-refractivity contribution in [1.29, 1.82) is 0 Å². The van der Waals surface area contributed by atoms with Crippen LogP contribution in [0, 0.1) is 36.0 Å². The summed E-state index contributed by atoms with van der Waals surface area (Å²) in [5.41, 5.74) is 0.206. The highest BCUT2D eigenvalue weighted by atomic mass is 19.2. The van der Waals surface area contributed by atoms with Crippen molar-refractivity contribution in [2.24, 2.45) is 0 Å². The number of aromatic nitrogens is 2. The molecule has 0 saturated carbocycles. The first-order chi connectivity index (χ1) is 9.86. The van der Waals surface area contributed by atoms with Crippen molar-refractivity contribution < 1.29 is 22.0 Å². The molecule has 0 aliphatic rings. The Bertz CT molecular complexity index is 652. The van der Waals surface area contributed by atoms with Crippen molar-refractivity contribution in [2.45, 2.75) is 26.9 Å². The third-order valence-corrected chi connectivity index (χ3v) is 2.94. The average Bonchev–Trinajstić information content (AvgIpc) is 2.83. The van der Waals surface area contributed by atoms with Crippen LogP contribution < -0.4 is 5.32 Å². The first-order valence-electron chi connectivity index (χ1n) is 6.15. The zero-order chi connectivity index (χ0) is 15.7. The molecule has 0 spiro atoms. The number of hydrogen-bond acceptors (Lipinski definition) is 2. The second-order valence-corrected chi connectivity index (χ2v) is 4.39. The Balaban J connectivity index is 2.32. The maximum absolute atomic E-state index is 13.5. The molecule has 1 aromatic carbocycles. The summed E-state index contributed by atoms with van der Waals surface area (Å²) >= 11 is 0. The van der Waals surface area contributed by atoms with Crippen molar-refractivity contribution in [3.8, 4) is 0 Å². The zero-order valence-electron chi connectivity index (χ0n) is 11.3. The Morgan fingerprint density at radius 1 is 1.00 bits per heavy atom. The van der Waals surface area contributed by atoms with Gasteiger partial charge in [-0.2, -0.15) is 5.10 Å². The monoisotopic (exact) mass is 305 g/mol. The lowest BCUT2D eigenvalue weighted by Gasteiger charge is -2.11. The number of nitrogens with zero attached hydrogens (tertiary/aromatic N) is 2. The van der Waals surface area contributed by atoms with Crippen LogP contribution in [0.25, 0.3) is 0 Å². The van der Waals surface area contributed by atoms with Gasteiger partial charge >= 0.3 is 0 Å². The van der Waals surface area contributed by atoms with Gasteiger partial charge in [-0.15, -0.1) is 0 Å². The Kier molecular flexibility index (Phi) is 4.15. The van der Waals surface area contributed by atoms with Gasteiger partial charge in [0, 0.05) is 6.54 Å². The van der Waals surface area contributed by atoms with Crippen LogP contribution in [0.1, 0.15) is 18.3 Å². The van der Waals surface area contributed by atoms with Gasteiger partial charge in [-0.1, -0.05) is 0 Å². The van der Waals surface area contributed by atoms with Gasteiger partial charge in [0.25, 0.3) is 0 Å². The second-order valence-electron chi connectivity index (χ2n) is 4.39. The SMILES string of the molecule is CCn1nc(C)cc1CNc1c(F)c(F)c(F)c(F)c1F. The lowest BCUT2D eigenvalue weighted by Crippen LogP contribution is -2.12. The summed E-state index contributed by atoms with van der Waals surface area (Å²) in [6.07, 6.45) is 0. The average molecular weight is 305 g/mol. The zero-order valence-corrected chi connectivity index (χ0v) is 11.3. The van der Waals surface area contributed by atoms with Crippen LogP contribution in [0.3, 0.4) is 0 Å². The fraction of sp³-hybridized carbons (Fsp3) is 0.308. The molecule has 0 radical (unpaired) electrons. The molecule has 0 aliphatic heterocycles. The predicted octanol–water partition coefficient (Wildman–Crippen LogP) is 3.52. The molecule has 0 atom stereocenters. The van der Waals surface area contributed by atoms with Crippen LogP contribution >= 0.6 is 0 Å². The van der Waals surface area contributed by atoms with Crippen LogP contribution in [0.4, 0.5) is 27.6 Å². The summed E-state index contributed by atoms with van der Waals surface area (Å²) in [4.78, 5) is 0. The van der Waals surface area contributed by atoms with Gasteiger partial charge in [0.1, 0.15) is 5.69 Å². The van der Waals surface area contributed by atoms with Crippen molar-refractivity contribution in [1.82, 2.24) is 9.78 Å². The highest BCUT2D eigenvalue weighted by Gasteiger charge is 2.25. The number of hydrogen-bond donors (Lipinski definition) is 1. The van der Waals surface area contributed by atoms with E-state index in [-0.39, 0.29) is 6.54 Å². The minimum atomic E-state index is -2.18. The molecule has 114 valence electrons. The van der Waals surface area contributed by atoms with Crippen molar-refractivity contribution >= 4 is 5.69 Å². The van der Waals surface area contributed by atoms with Crippen LogP contribution in [0.5, 0.6) is 0 Å². The van der Waals surface area contributed by atoms with Crippen molar-refractivity contribution in [2.75, 3.05) is 5.32 Å². The molecule has 0 aliphatic carbocycles. The Hall–Kier alpha value is -2.12. The smallest absolute Gasteiger partial charge is 0.200 e. The van der Waals surface area contributed by atoms with Gasteiger partial charge < -0.3 is 5.32 Å². The lowest BCUT2D eigenvalue weighted by molar-refractivity contribution is 0.381. The molecule has 3 nitrogen and oxygen atoms in total. The van der Waals surface area contributed by atoms with E-state index in [0.717, 1.165) is 0 Å². The van der Waals surface area contributed by atoms with Gasteiger partial charge in [0.2, 0.25) is 5.82 Å². The molecule has 1 aromatic heterocycles. The maximum Gasteiger partial charge on any atom is 0.200 e. The molecule has 8 heteroatoms.